The van der Waals surface area contributed by atoms with Crippen LogP contribution in [0, 0.1) is 6.92 Å². The number of aromatic nitrogens is 2. The van der Waals surface area contributed by atoms with E-state index < -0.39 is 23.8 Å². The molecule has 0 aliphatic heterocycles. The second-order valence-corrected chi connectivity index (χ2v) is 6.98. The Kier molecular flexibility index (Phi) is 6.17. The Hall–Kier alpha value is -3.26. The number of alkyl halides is 3. The monoisotopic (exact) mass is 415 g/mol. The molecule has 1 atom stereocenters. The van der Waals surface area contributed by atoms with Gasteiger partial charge < -0.3 is 10.4 Å². The third-order valence-corrected chi connectivity index (χ3v) is 4.35. The van der Waals surface area contributed by atoms with Gasteiger partial charge in [0.1, 0.15) is 0 Å². The molecule has 5 nitrogen and oxygen atoms in total. The molecule has 30 heavy (non-hydrogen) atoms. The van der Waals surface area contributed by atoms with E-state index in [0.717, 1.165) is 11.6 Å². The SMILES string of the molecule is Cc1ccc(-c2cc(C(=O)NCC(C)O)cc(-c3ncccc3C(F)(F)F)c2)nc1. The zero-order valence-corrected chi connectivity index (χ0v) is 16.4. The summed E-state index contributed by atoms with van der Waals surface area (Å²) in [6, 6.07) is 10.2. The predicted molar refractivity (Wildman–Crippen MR) is 107 cm³/mol. The number of nitrogens with one attached hydrogen (secondary N) is 1. The summed E-state index contributed by atoms with van der Waals surface area (Å²) in [4.78, 5) is 20.8. The Bertz CT molecular complexity index is 1050. The summed E-state index contributed by atoms with van der Waals surface area (Å²) in [5.41, 5.74) is 1.03. The molecule has 0 bridgehead atoms. The molecule has 8 heteroatoms. The molecule has 3 rings (SSSR count). The molecular weight excluding hydrogens is 395 g/mol. The van der Waals surface area contributed by atoms with Crippen molar-refractivity contribution in [3.05, 3.63) is 71.5 Å². The predicted octanol–water partition coefficient (Wildman–Crippen LogP) is 4.25. The zero-order valence-electron chi connectivity index (χ0n) is 16.4. The van der Waals surface area contributed by atoms with Crippen molar-refractivity contribution in [3.63, 3.8) is 0 Å². The van der Waals surface area contributed by atoms with Crippen LogP contribution in [-0.4, -0.2) is 33.6 Å². The van der Waals surface area contributed by atoms with Crippen molar-refractivity contribution in [2.75, 3.05) is 6.54 Å². The lowest BCUT2D eigenvalue weighted by atomic mass is 9.97. The van der Waals surface area contributed by atoms with Crippen molar-refractivity contribution in [1.29, 1.82) is 0 Å². The summed E-state index contributed by atoms with van der Waals surface area (Å²) < 4.78 is 40.5. The maximum atomic E-state index is 13.5. The highest BCUT2D eigenvalue weighted by molar-refractivity contribution is 5.97. The van der Waals surface area contributed by atoms with E-state index in [2.05, 4.69) is 15.3 Å². The van der Waals surface area contributed by atoms with Crippen molar-refractivity contribution in [1.82, 2.24) is 15.3 Å². The number of hydrogen-bond acceptors (Lipinski definition) is 4. The highest BCUT2D eigenvalue weighted by Crippen LogP contribution is 2.37. The van der Waals surface area contributed by atoms with Crippen molar-refractivity contribution < 1.29 is 23.1 Å². The fourth-order valence-electron chi connectivity index (χ4n) is 2.89. The topological polar surface area (TPSA) is 75.1 Å². The average Bonchev–Trinajstić information content (AvgIpc) is 2.71. The largest absolute Gasteiger partial charge is 0.418 e. The van der Waals surface area contributed by atoms with E-state index in [1.165, 1.54) is 31.3 Å². The first kappa shape index (κ1) is 21.4. The van der Waals surface area contributed by atoms with E-state index in [1.807, 2.05) is 13.0 Å². The van der Waals surface area contributed by atoms with Crippen LogP contribution in [0.15, 0.2) is 54.9 Å². The first-order chi connectivity index (χ1) is 14.1. The van der Waals surface area contributed by atoms with Gasteiger partial charge in [0.2, 0.25) is 0 Å². The zero-order chi connectivity index (χ0) is 21.9. The fourth-order valence-corrected chi connectivity index (χ4v) is 2.89. The molecule has 0 spiro atoms. The first-order valence-corrected chi connectivity index (χ1v) is 9.22. The number of halogens is 3. The van der Waals surface area contributed by atoms with Gasteiger partial charge in [0.25, 0.3) is 5.91 Å². The van der Waals surface area contributed by atoms with Gasteiger partial charge in [-0.15, -0.1) is 0 Å². The van der Waals surface area contributed by atoms with Crippen molar-refractivity contribution in [2.45, 2.75) is 26.1 Å². The number of hydrogen-bond donors (Lipinski definition) is 2. The standard InChI is InChI=1S/C22H20F3N3O2/c1-13-5-6-19(27-11-13)15-8-16(10-17(9-15)21(30)28-12-14(2)29)20-18(22(23,24)25)4-3-7-26-20/h3-11,14,29H,12H2,1-2H3,(H,28,30). The molecule has 0 saturated heterocycles. The average molecular weight is 415 g/mol. The van der Waals surface area contributed by atoms with Crippen LogP contribution in [0.5, 0.6) is 0 Å². The van der Waals surface area contributed by atoms with Gasteiger partial charge in [-0.25, -0.2) is 0 Å². The van der Waals surface area contributed by atoms with Crippen molar-refractivity contribution in [3.8, 4) is 22.5 Å². The van der Waals surface area contributed by atoms with Gasteiger partial charge in [0, 0.05) is 35.6 Å². The van der Waals surface area contributed by atoms with E-state index >= 15 is 0 Å². The minimum absolute atomic E-state index is 0.0125. The molecule has 156 valence electrons. The lowest BCUT2D eigenvalue weighted by Gasteiger charge is -2.14. The molecule has 1 aromatic carbocycles. The molecule has 1 unspecified atom stereocenters. The first-order valence-electron chi connectivity index (χ1n) is 9.22. The van der Waals surface area contributed by atoms with Crippen LogP contribution in [0.4, 0.5) is 13.2 Å². The molecule has 0 radical (unpaired) electrons. The minimum Gasteiger partial charge on any atom is -0.392 e. The number of carbonyl (C=O) groups excluding carboxylic acids is 1. The Morgan fingerprint density at radius 1 is 1.13 bits per heavy atom. The highest BCUT2D eigenvalue weighted by atomic mass is 19.4. The normalized spacial score (nSPS) is 12.5. The maximum absolute atomic E-state index is 13.5. The fraction of sp³-hybridized carbons (Fsp3) is 0.227. The number of nitrogens with zero attached hydrogens (tertiary/aromatic N) is 2. The van der Waals surface area contributed by atoms with Crippen LogP contribution >= 0.6 is 0 Å². The van der Waals surface area contributed by atoms with E-state index in [4.69, 9.17) is 0 Å². The van der Waals surface area contributed by atoms with Crippen LogP contribution in [0.3, 0.4) is 0 Å². The smallest absolute Gasteiger partial charge is 0.392 e. The number of rotatable bonds is 5. The van der Waals surface area contributed by atoms with Crippen LogP contribution in [-0.2, 0) is 6.18 Å². The molecule has 2 heterocycles. The van der Waals surface area contributed by atoms with E-state index in [1.54, 1.807) is 18.3 Å². The van der Waals surface area contributed by atoms with Crippen LogP contribution in [0.25, 0.3) is 22.5 Å². The number of carbonyl (C=O) groups is 1. The van der Waals surface area contributed by atoms with Gasteiger partial charge >= 0.3 is 6.18 Å². The Morgan fingerprint density at radius 2 is 1.87 bits per heavy atom. The summed E-state index contributed by atoms with van der Waals surface area (Å²) in [6.07, 6.45) is -2.45. The molecule has 3 aromatic rings. The van der Waals surface area contributed by atoms with Crippen LogP contribution < -0.4 is 5.32 Å². The minimum atomic E-state index is -4.60. The lowest BCUT2D eigenvalue weighted by molar-refractivity contribution is -0.137. The Labute approximate surface area is 171 Å². The molecule has 1 amide bonds. The van der Waals surface area contributed by atoms with E-state index in [-0.39, 0.29) is 23.4 Å². The number of aryl methyl sites for hydroxylation is 1. The van der Waals surface area contributed by atoms with Gasteiger partial charge in [-0.3, -0.25) is 14.8 Å². The molecule has 2 N–H and O–H groups in total. The van der Waals surface area contributed by atoms with Gasteiger partial charge in [0.05, 0.1) is 23.1 Å². The molecular formula is C22H20F3N3O2. The number of benzene rings is 1. The summed E-state index contributed by atoms with van der Waals surface area (Å²) in [5.74, 6) is -0.518. The second-order valence-electron chi connectivity index (χ2n) is 6.98. The molecule has 0 aliphatic rings. The van der Waals surface area contributed by atoms with Gasteiger partial charge in [0.15, 0.2) is 0 Å². The third kappa shape index (κ3) is 5.01. The molecule has 2 aromatic heterocycles. The molecule has 0 saturated carbocycles. The summed E-state index contributed by atoms with van der Waals surface area (Å²) in [5, 5.41) is 12.0. The van der Waals surface area contributed by atoms with E-state index in [0.29, 0.717) is 11.3 Å². The van der Waals surface area contributed by atoms with Crippen molar-refractivity contribution >= 4 is 5.91 Å². The quantitative estimate of drug-likeness (QED) is 0.653. The maximum Gasteiger partial charge on any atom is 0.418 e. The number of aliphatic hydroxyl groups is 1. The Balaban J connectivity index is 2.16. The number of amides is 1. The van der Waals surface area contributed by atoms with Gasteiger partial charge in [-0.05, 0) is 55.8 Å². The summed E-state index contributed by atoms with van der Waals surface area (Å²) in [7, 11) is 0. The number of pyridine rings is 2. The van der Waals surface area contributed by atoms with Crippen LogP contribution in [0.1, 0.15) is 28.4 Å². The third-order valence-electron chi connectivity index (χ3n) is 4.35. The summed E-state index contributed by atoms with van der Waals surface area (Å²) in [6.45, 7) is 3.39. The van der Waals surface area contributed by atoms with Crippen molar-refractivity contribution in [2.24, 2.45) is 0 Å². The second kappa shape index (κ2) is 8.62. The molecule has 0 fully saturated rings. The lowest BCUT2D eigenvalue weighted by Crippen LogP contribution is -2.30. The highest BCUT2D eigenvalue weighted by Gasteiger charge is 2.34. The number of aliphatic hydroxyl groups excluding tert-OH is 1. The Morgan fingerprint density at radius 3 is 2.50 bits per heavy atom. The molecule has 0 aliphatic carbocycles. The van der Waals surface area contributed by atoms with Crippen LogP contribution in [0.2, 0.25) is 0 Å². The van der Waals surface area contributed by atoms with Gasteiger partial charge in [-0.1, -0.05) is 6.07 Å². The summed E-state index contributed by atoms with van der Waals surface area (Å²) >= 11 is 0. The van der Waals surface area contributed by atoms with Gasteiger partial charge in [-0.2, -0.15) is 13.2 Å². The van der Waals surface area contributed by atoms with E-state index in [9.17, 15) is 23.1 Å².